The highest BCUT2D eigenvalue weighted by atomic mass is 16.4. The number of carbonyl (C=O) groups excluding carboxylic acids is 1. The summed E-state index contributed by atoms with van der Waals surface area (Å²) in [5, 5.41) is 12.2. The fraction of sp³-hybridized carbons (Fsp3) is 0.400. The van der Waals surface area contributed by atoms with E-state index in [1.54, 1.807) is 4.90 Å². The standard InChI is InChI=1S/C15H18N4O3/c20-14(19-6-5-16-8-10(9-19)15(21)22)7-13-17-11-3-1-2-4-12(11)18-13/h1-4,10,16H,5-9H2,(H,17,18)(H,21,22). The number of para-hydroxylation sites is 2. The number of rotatable bonds is 3. The third kappa shape index (κ3) is 3.09. The lowest BCUT2D eigenvalue weighted by Crippen LogP contribution is -2.39. The number of benzene rings is 1. The van der Waals surface area contributed by atoms with E-state index >= 15 is 0 Å². The fourth-order valence-electron chi connectivity index (χ4n) is 2.65. The maximum absolute atomic E-state index is 12.4. The minimum atomic E-state index is -0.879. The highest BCUT2D eigenvalue weighted by Gasteiger charge is 2.26. The number of carbonyl (C=O) groups is 2. The van der Waals surface area contributed by atoms with Crippen LogP contribution in [0, 0.1) is 5.92 Å². The van der Waals surface area contributed by atoms with Gasteiger partial charge in [-0.25, -0.2) is 4.98 Å². The molecule has 1 amide bonds. The molecule has 1 saturated heterocycles. The third-order valence-corrected chi connectivity index (χ3v) is 3.85. The van der Waals surface area contributed by atoms with Crippen LogP contribution in [-0.4, -0.2) is 58.0 Å². The van der Waals surface area contributed by atoms with E-state index in [-0.39, 0.29) is 18.9 Å². The van der Waals surface area contributed by atoms with E-state index in [4.69, 9.17) is 5.11 Å². The minimum Gasteiger partial charge on any atom is -0.481 e. The number of fused-ring (bicyclic) bond motifs is 1. The Morgan fingerprint density at radius 2 is 2.18 bits per heavy atom. The predicted molar refractivity (Wildman–Crippen MR) is 80.4 cm³/mol. The molecule has 1 aliphatic heterocycles. The van der Waals surface area contributed by atoms with Crippen LogP contribution in [-0.2, 0) is 16.0 Å². The maximum atomic E-state index is 12.4. The quantitative estimate of drug-likeness (QED) is 0.754. The number of nitrogens with zero attached hydrogens (tertiary/aromatic N) is 2. The smallest absolute Gasteiger partial charge is 0.309 e. The zero-order valence-electron chi connectivity index (χ0n) is 12.1. The third-order valence-electron chi connectivity index (χ3n) is 3.85. The lowest BCUT2D eigenvalue weighted by Gasteiger charge is -2.21. The summed E-state index contributed by atoms with van der Waals surface area (Å²) in [7, 11) is 0. The van der Waals surface area contributed by atoms with Crippen LogP contribution >= 0.6 is 0 Å². The molecule has 1 aromatic carbocycles. The van der Waals surface area contributed by atoms with E-state index in [1.807, 2.05) is 24.3 Å². The molecule has 1 unspecified atom stereocenters. The Morgan fingerprint density at radius 3 is 2.95 bits per heavy atom. The molecule has 1 aliphatic rings. The Kier molecular flexibility index (Phi) is 4.06. The number of H-pyrrole nitrogens is 1. The number of amides is 1. The molecule has 116 valence electrons. The van der Waals surface area contributed by atoms with Gasteiger partial charge in [-0.2, -0.15) is 0 Å². The molecule has 1 fully saturated rings. The van der Waals surface area contributed by atoms with Gasteiger partial charge >= 0.3 is 5.97 Å². The molecule has 3 N–H and O–H groups in total. The van der Waals surface area contributed by atoms with Crippen LogP contribution < -0.4 is 5.32 Å². The van der Waals surface area contributed by atoms with Gasteiger partial charge in [-0.3, -0.25) is 9.59 Å². The lowest BCUT2D eigenvalue weighted by atomic mass is 10.1. The van der Waals surface area contributed by atoms with E-state index < -0.39 is 11.9 Å². The zero-order valence-corrected chi connectivity index (χ0v) is 12.1. The second-order valence-corrected chi connectivity index (χ2v) is 5.46. The topological polar surface area (TPSA) is 98.3 Å². The van der Waals surface area contributed by atoms with Gasteiger partial charge in [-0.1, -0.05) is 12.1 Å². The van der Waals surface area contributed by atoms with Crippen LogP contribution in [0.3, 0.4) is 0 Å². The molecule has 2 heterocycles. The van der Waals surface area contributed by atoms with Crippen molar-refractivity contribution in [3.05, 3.63) is 30.1 Å². The van der Waals surface area contributed by atoms with Gasteiger partial charge in [0.15, 0.2) is 0 Å². The van der Waals surface area contributed by atoms with Gasteiger partial charge in [0.05, 0.1) is 23.4 Å². The van der Waals surface area contributed by atoms with Crippen molar-refractivity contribution in [2.24, 2.45) is 5.92 Å². The molecule has 3 rings (SSSR count). The van der Waals surface area contributed by atoms with Crippen molar-refractivity contribution in [2.45, 2.75) is 6.42 Å². The van der Waals surface area contributed by atoms with Crippen molar-refractivity contribution >= 4 is 22.9 Å². The van der Waals surface area contributed by atoms with Crippen LogP contribution in [0.15, 0.2) is 24.3 Å². The summed E-state index contributed by atoms with van der Waals surface area (Å²) in [5.41, 5.74) is 1.72. The van der Waals surface area contributed by atoms with Gasteiger partial charge in [0.25, 0.3) is 0 Å². The van der Waals surface area contributed by atoms with Crippen LogP contribution in [0.5, 0.6) is 0 Å². The number of aliphatic carboxylic acids is 1. The number of carboxylic acids is 1. The summed E-state index contributed by atoms with van der Waals surface area (Å²) in [5.74, 6) is -0.942. The van der Waals surface area contributed by atoms with Crippen LogP contribution in [0.1, 0.15) is 5.82 Å². The first kappa shape index (κ1) is 14.5. The van der Waals surface area contributed by atoms with Crippen molar-refractivity contribution in [1.29, 1.82) is 0 Å². The largest absolute Gasteiger partial charge is 0.481 e. The van der Waals surface area contributed by atoms with Gasteiger partial charge in [0.2, 0.25) is 5.91 Å². The van der Waals surface area contributed by atoms with Crippen LogP contribution in [0.4, 0.5) is 0 Å². The first-order valence-corrected chi connectivity index (χ1v) is 7.28. The fourth-order valence-corrected chi connectivity index (χ4v) is 2.65. The van der Waals surface area contributed by atoms with Crippen molar-refractivity contribution in [3.8, 4) is 0 Å². The second kappa shape index (κ2) is 6.15. The Labute approximate surface area is 127 Å². The number of imidazole rings is 1. The molecular formula is C15H18N4O3. The van der Waals surface area contributed by atoms with Crippen LogP contribution in [0.25, 0.3) is 11.0 Å². The molecule has 7 heteroatoms. The van der Waals surface area contributed by atoms with Gasteiger partial charge in [-0.05, 0) is 12.1 Å². The molecular weight excluding hydrogens is 284 g/mol. The molecule has 2 aromatic rings. The summed E-state index contributed by atoms with van der Waals surface area (Å²) in [6.07, 6.45) is 0.154. The number of aromatic nitrogens is 2. The minimum absolute atomic E-state index is 0.103. The van der Waals surface area contributed by atoms with Gasteiger partial charge in [0.1, 0.15) is 5.82 Å². The molecule has 1 atom stereocenters. The lowest BCUT2D eigenvalue weighted by molar-refractivity contribution is -0.142. The molecule has 0 bridgehead atoms. The Morgan fingerprint density at radius 1 is 1.36 bits per heavy atom. The average molecular weight is 302 g/mol. The number of hydrogen-bond acceptors (Lipinski definition) is 4. The molecule has 0 aliphatic carbocycles. The van der Waals surface area contributed by atoms with E-state index in [1.165, 1.54) is 0 Å². The van der Waals surface area contributed by atoms with E-state index in [2.05, 4.69) is 15.3 Å². The number of carboxylic acid groups (broad SMARTS) is 1. The first-order valence-electron chi connectivity index (χ1n) is 7.28. The first-order chi connectivity index (χ1) is 10.6. The number of hydrogen-bond donors (Lipinski definition) is 3. The molecule has 0 saturated carbocycles. The SMILES string of the molecule is O=C(O)C1CNCCN(C(=O)Cc2nc3ccccc3[nH]2)C1. The molecule has 1 aromatic heterocycles. The molecule has 22 heavy (non-hydrogen) atoms. The average Bonchev–Trinajstić information content (AvgIpc) is 2.73. The summed E-state index contributed by atoms with van der Waals surface area (Å²) >= 11 is 0. The summed E-state index contributed by atoms with van der Waals surface area (Å²) < 4.78 is 0. The normalized spacial score (nSPS) is 19.1. The van der Waals surface area contributed by atoms with Gasteiger partial charge < -0.3 is 20.3 Å². The second-order valence-electron chi connectivity index (χ2n) is 5.46. The monoisotopic (exact) mass is 302 g/mol. The molecule has 7 nitrogen and oxygen atoms in total. The van der Waals surface area contributed by atoms with Crippen LogP contribution in [0.2, 0.25) is 0 Å². The molecule has 0 radical (unpaired) electrons. The Bertz CT molecular complexity index is 664. The Balaban J connectivity index is 1.71. The van der Waals surface area contributed by atoms with Crippen molar-refractivity contribution in [2.75, 3.05) is 26.2 Å². The number of nitrogens with one attached hydrogen (secondary N) is 2. The van der Waals surface area contributed by atoms with Gasteiger partial charge in [0, 0.05) is 26.2 Å². The zero-order chi connectivity index (χ0) is 15.5. The van der Waals surface area contributed by atoms with E-state index in [9.17, 15) is 9.59 Å². The van der Waals surface area contributed by atoms with Crippen molar-refractivity contribution in [1.82, 2.24) is 20.2 Å². The Hall–Kier alpha value is -2.41. The van der Waals surface area contributed by atoms with Gasteiger partial charge in [-0.15, -0.1) is 0 Å². The van der Waals surface area contributed by atoms with Crippen molar-refractivity contribution in [3.63, 3.8) is 0 Å². The highest BCUT2D eigenvalue weighted by molar-refractivity contribution is 5.81. The van der Waals surface area contributed by atoms with Crippen molar-refractivity contribution < 1.29 is 14.7 Å². The maximum Gasteiger partial charge on any atom is 0.309 e. The highest BCUT2D eigenvalue weighted by Crippen LogP contribution is 2.12. The van der Waals surface area contributed by atoms with E-state index in [0.717, 1.165) is 11.0 Å². The van der Waals surface area contributed by atoms with E-state index in [0.29, 0.717) is 25.5 Å². The number of aromatic amines is 1. The summed E-state index contributed by atoms with van der Waals surface area (Å²) in [6.45, 7) is 1.75. The predicted octanol–water partition coefficient (Wildman–Crippen LogP) is 0.238. The molecule has 0 spiro atoms. The summed E-state index contributed by atoms with van der Waals surface area (Å²) in [4.78, 5) is 32.7. The summed E-state index contributed by atoms with van der Waals surface area (Å²) in [6, 6.07) is 7.60.